The van der Waals surface area contributed by atoms with Gasteiger partial charge in [-0.05, 0) is 32.6 Å². The molecular weight excluding hydrogens is 174 g/mol. The van der Waals surface area contributed by atoms with Crippen molar-refractivity contribution in [1.82, 2.24) is 9.55 Å². The van der Waals surface area contributed by atoms with Gasteiger partial charge in [-0.1, -0.05) is 0 Å². The number of hydrogen-bond acceptors (Lipinski definition) is 2. The molecule has 2 heterocycles. The first-order chi connectivity index (χ1) is 6.55. The summed E-state index contributed by atoms with van der Waals surface area (Å²) in [7, 11) is 0. The molecule has 1 aliphatic heterocycles. The van der Waals surface area contributed by atoms with Gasteiger partial charge in [0.25, 0.3) is 0 Å². The van der Waals surface area contributed by atoms with Crippen LogP contribution in [0.5, 0.6) is 0 Å². The van der Waals surface area contributed by atoms with Crippen LogP contribution in [0.2, 0.25) is 0 Å². The number of imidazole rings is 1. The van der Waals surface area contributed by atoms with Crippen LogP contribution < -0.4 is 5.73 Å². The summed E-state index contributed by atoms with van der Waals surface area (Å²) in [6.07, 6.45) is 5.56. The third kappa shape index (κ3) is 1.19. The van der Waals surface area contributed by atoms with Crippen molar-refractivity contribution in [2.24, 2.45) is 11.7 Å². The van der Waals surface area contributed by atoms with Crippen molar-refractivity contribution in [3.63, 3.8) is 0 Å². The standard InChI is InChI=1S/C11H17N3/c1-7-6-14-9-3-8(9)4-11(2,12)5-10(14)13-7/h6,8-9H,3-5,12H2,1-2H3. The van der Waals surface area contributed by atoms with Gasteiger partial charge in [0.2, 0.25) is 0 Å². The van der Waals surface area contributed by atoms with Crippen LogP contribution >= 0.6 is 0 Å². The predicted octanol–water partition coefficient (Wildman–Crippen LogP) is 1.42. The normalized spacial score (nSPS) is 39.9. The highest BCUT2D eigenvalue weighted by Gasteiger charge is 2.46. The van der Waals surface area contributed by atoms with E-state index < -0.39 is 0 Å². The van der Waals surface area contributed by atoms with Crippen molar-refractivity contribution in [3.05, 3.63) is 17.7 Å². The summed E-state index contributed by atoms with van der Waals surface area (Å²) in [5, 5.41) is 0. The molecule has 0 amide bonds. The van der Waals surface area contributed by atoms with Crippen molar-refractivity contribution >= 4 is 0 Å². The minimum Gasteiger partial charge on any atom is -0.331 e. The zero-order chi connectivity index (χ0) is 9.92. The second-order valence-corrected chi connectivity index (χ2v) is 5.30. The maximum Gasteiger partial charge on any atom is 0.111 e. The van der Waals surface area contributed by atoms with Gasteiger partial charge >= 0.3 is 0 Å². The molecule has 3 rings (SSSR count). The topological polar surface area (TPSA) is 43.8 Å². The Morgan fingerprint density at radius 3 is 3.21 bits per heavy atom. The average Bonchev–Trinajstić information content (AvgIpc) is 2.68. The van der Waals surface area contributed by atoms with E-state index in [-0.39, 0.29) is 5.54 Å². The van der Waals surface area contributed by atoms with E-state index in [0.717, 1.165) is 24.5 Å². The molecule has 0 spiro atoms. The maximum atomic E-state index is 6.27. The molecule has 1 aliphatic carbocycles. The average molecular weight is 191 g/mol. The van der Waals surface area contributed by atoms with Crippen LogP contribution in [0.3, 0.4) is 0 Å². The Kier molecular flexibility index (Phi) is 1.45. The third-order valence-electron chi connectivity index (χ3n) is 3.46. The summed E-state index contributed by atoms with van der Waals surface area (Å²) in [6, 6.07) is 0.705. The Labute approximate surface area is 84.3 Å². The number of nitrogens with two attached hydrogens (primary N) is 1. The Morgan fingerprint density at radius 1 is 1.64 bits per heavy atom. The molecule has 2 N–H and O–H groups in total. The molecule has 3 nitrogen and oxygen atoms in total. The molecule has 0 saturated heterocycles. The molecule has 2 aliphatic rings. The third-order valence-corrected chi connectivity index (χ3v) is 3.46. The monoisotopic (exact) mass is 191 g/mol. The number of aryl methyl sites for hydroxylation is 1. The second-order valence-electron chi connectivity index (χ2n) is 5.30. The van der Waals surface area contributed by atoms with Crippen LogP contribution in [0, 0.1) is 12.8 Å². The SMILES string of the molecule is Cc1cn2c(n1)CC(C)(N)CC1CC12. The van der Waals surface area contributed by atoms with Crippen LogP contribution in [-0.4, -0.2) is 15.1 Å². The Morgan fingerprint density at radius 2 is 2.43 bits per heavy atom. The van der Waals surface area contributed by atoms with Gasteiger partial charge in [-0.2, -0.15) is 0 Å². The van der Waals surface area contributed by atoms with Crippen molar-refractivity contribution in [1.29, 1.82) is 0 Å². The van der Waals surface area contributed by atoms with Gasteiger partial charge in [0.1, 0.15) is 5.82 Å². The Balaban J connectivity index is 2.06. The summed E-state index contributed by atoms with van der Waals surface area (Å²) in [6.45, 7) is 4.22. The number of fused-ring (bicyclic) bond motifs is 3. The Hall–Kier alpha value is -0.830. The highest BCUT2D eigenvalue weighted by molar-refractivity contribution is 5.15. The molecule has 14 heavy (non-hydrogen) atoms. The summed E-state index contributed by atoms with van der Waals surface area (Å²) in [5.41, 5.74) is 7.34. The lowest BCUT2D eigenvalue weighted by atomic mass is 9.93. The molecular formula is C11H17N3. The fourth-order valence-electron chi connectivity index (χ4n) is 2.81. The van der Waals surface area contributed by atoms with Crippen LogP contribution in [0.4, 0.5) is 0 Å². The van der Waals surface area contributed by atoms with Gasteiger partial charge in [-0.15, -0.1) is 0 Å². The molecule has 1 saturated carbocycles. The van der Waals surface area contributed by atoms with Crippen molar-refractivity contribution in [3.8, 4) is 0 Å². The largest absolute Gasteiger partial charge is 0.331 e. The van der Waals surface area contributed by atoms with Crippen molar-refractivity contribution in [2.75, 3.05) is 0 Å². The quantitative estimate of drug-likeness (QED) is 0.674. The molecule has 1 aromatic heterocycles. The highest BCUT2D eigenvalue weighted by atomic mass is 15.1. The molecule has 0 aromatic carbocycles. The number of rotatable bonds is 0. The lowest BCUT2D eigenvalue weighted by molar-refractivity contribution is 0.406. The smallest absolute Gasteiger partial charge is 0.111 e. The maximum absolute atomic E-state index is 6.27. The van der Waals surface area contributed by atoms with E-state index in [1.165, 1.54) is 12.2 Å². The first-order valence-corrected chi connectivity index (χ1v) is 5.38. The minimum atomic E-state index is -0.0501. The molecule has 76 valence electrons. The van der Waals surface area contributed by atoms with Gasteiger partial charge in [0, 0.05) is 24.2 Å². The Bertz CT molecular complexity index is 378. The second kappa shape index (κ2) is 2.40. The first kappa shape index (κ1) is 8.48. The first-order valence-electron chi connectivity index (χ1n) is 5.38. The summed E-state index contributed by atoms with van der Waals surface area (Å²) >= 11 is 0. The summed E-state index contributed by atoms with van der Waals surface area (Å²) < 4.78 is 2.36. The lowest BCUT2D eigenvalue weighted by Gasteiger charge is -2.22. The zero-order valence-electron chi connectivity index (χ0n) is 8.83. The highest BCUT2D eigenvalue weighted by Crippen LogP contribution is 2.50. The predicted molar refractivity (Wildman–Crippen MR) is 55.0 cm³/mol. The van der Waals surface area contributed by atoms with Gasteiger partial charge in [0.15, 0.2) is 0 Å². The van der Waals surface area contributed by atoms with Gasteiger partial charge < -0.3 is 10.3 Å². The van der Waals surface area contributed by atoms with Crippen molar-refractivity contribution in [2.45, 2.75) is 44.7 Å². The number of aromatic nitrogens is 2. The van der Waals surface area contributed by atoms with E-state index in [4.69, 9.17) is 5.73 Å². The van der Waals surface area contributed by atoms with E-state index in [9.17, 15) is 0 Å². The number of hydrogen-bond donors (Lipinski definition) is 1. The molecule has 3 heteroatoms. The van der Waals surface area contributed by atoms with E-state index in [0.29, 0.717) is 6.04 Å². The zero-order valence-corrected chi connectivity index (χ0v) is 8.83. The molecule has 3 unspecified atom stereocenters. The fraction of sp³-hybridized carbons (Fsp3) is 0.727. The molecule has 0 radical (unpaired) electrons. The fourth-order valence-corrected chi connectivity index (χ4v) is 2.81. The van der Waals surface area contributed by atoms with Crippen LogP contribution in [0.15, 0.2) is 6.20 Å². The number of nitrogens with zero attached hydrogens (tertiary/aromatic N) is 2. The van der Waals surface area contributed by atoms with E-state index in [2.05, 4.69) is 29.6 Å². The summed E-state index contributed by atoms with van der Waals surface area (Å²) in [4.78, 5) is 4.57. The molecule has 1 fully saturated rings. The van der Waals surface area contributed by atoms with E-state index in [1.807, 2.05) is 0 Å². The molecule has 1 aromatic rings. The lowest BCUT2D eigenvalue weighted by Crippen LogP contribution is -2.39. The minimum absolute atomic E-state index is 0.0501. The van der Waals surface area contributed by atoms with Gasteiger partial charge in [-0.3, -0.25) is 0 Å². The van der Waals surface area contributed by atoms with Crippen molar-refractivity contribution < 1.29 is 0 Å². The van der Waals surface area contributed by atoms with Gasteiger partial charge in [-0.25, -0.2) is 4.98 Å². The van der Waals surface area contributed by atoms with Crippen LogP contribution in [0.25, 0.3) is 0 Å². The van der Waals surface area contributed by atoms with Crippen LogP contribution in [0.1, 0.15) is 37.3 Å². The molecule has 0 bridgehead atoms. The van der Waals surface area contributed by atoms with Crippen LogP contribution in [-0.2, 0) is 6.42 Å². The summed E-state index contributed by atoms with van der Waals surface area (Å²) in [5.74, 6) is 2.00. The van der Waals surface area contributed by atoms with E-state index >= 15 is 0 Å². The van der Waals surface area contributed by atoms with Gasteiger partial charge in [0.05, 0.1) is 5.69 Å². The molecule has 3 atom stereocenters. The van der Waals surface area contributed by atoms with E-state index in [1.54, 1.807) is 0 Å².